The Kier molecular flexibility index (Phi) is 5.97. The second-order valence-electron chi connectivity index (χ2n) is 6.67. The fourth-order valence-corrected chi connectivity index (χ4v) is 4.72. The van der Waals surface area contributed by atoms with Crippen LogP contribution < -0.4 is 9.46 Å². The molecule has 0 radical (unpaired) electrons. The van der Waals surface area contributed by atoms with Gasteiger partial charge in [-0.1, -0.05) is 24.3 Å². The zero-order valence-corrected chi connectivity index (χ0v) is 16.3. The van der Waals surface area contributed by atoms with E-state index in [0.29, 0.717) is 31.8 Å². The highest BCUT2D eigenvalue weighted by Crippen LogP contribution is 2.36. The summed E-state index contributed by atoms with van der Waals surface area (Å²) in [5.74, 6) is 0.714. The molecule has 0 saturated carbocycles. The van der Waals surface area contributed by atoms with Crippen LogP contribution in [0.3, 0.4) is 0 Å². The highest BCUT2D eigenvalue weighted by Gasteiger charge is 2.36. The molecule has 2 aromatic rings. The van der Waals surface area contributed by atoms with Crippen molar-refractivity contribution in [3.05, 3.63) is 64.2 Å². The van der Waals surface area contributed by atoms with Gasteiger partial charge in [0, 0.05) is 31.2 Å². The van der Waals surface area contributed by atoms with Gasteiger partial charge in [-0.25, -0.2) is 13.1 Å². The first kappa shape index (κ1) is 20.2. The SMILES string of the molecule is COc1ccc(C2(CNS(=O)(=O)c3ccccc3[N+](=O)[O-])CCOCC2)cc1. The lowest BCUT2D eigenvalue weighted by molar-refractivity contribution is -0.387. The monoisotopic (exact) mass is 406 g/mol. The minimum atomic E-state index is -4.05. The average molecular weight is 406 g/mol. The molecule has 1 aliphatic heterocycles. The first-order valence-electron chi connectivity index (χ1n) is 8.83. The van der Waals surface area contributed by atoms with Crippen molar-refractivity contribution in [2.24, 2.45) is 0 Å². The van der Waals surface area contributed by atoms with Crippen LogP contribution in [-0.4, -0.2) is 40.2 Å². The summed E-state index contributed by atoms with van der Waals surface area (Å²) in [6, 6.07) is 12.8. The zero-order chi connectivity index (χ0) is 20.2. The second-order valence-corrected chi connectivity index (χ2v) is 8.41. The molecule has 150 valence electrons. The molecule has 1 saturated heterocycles. The average Bonchev–Trinajstić information content (AvgIpc) is 2.73. The first-order chi connectivity index (χ1) is 13.4. The van der Waals surface area contributed by atoms with Gasteiger partial charge in [-0.05, 0) is 36.6 Å². The number of nitro groups is 1. The summed E-state index contributed by atoms with van der Waals surface area (Å²) in [5, 5.41) is 11.2. The van der Waals surface area contributed by atoms with Crippen molar-refractivity contribution >= 4 is 15.7 Å². The van der Waals surface area contributed by atoms with E-state index in [1.807, 2.05) is 24.3 Å². The molecule has 0 unspecified atom stereocenters. The molecule has 9 heteroatoms. The van der Waals surface area contributed by atoms with E-state index in [4.69, 9.17) is 9.47 Å². The molecule has 1 N–H and O–H groups in total. The van der Waals surface area contributed by atoms with Crippen molar-refractivity contribution in [1.82, 2.24) is 4.72 Å². The van der Waals surface area contributed by atoms with E-state index in [1.54, 1.807) is 7.11 Å². The maximum absolute atomic E-state index is 12.8. The number of nitro benzene ring substituents is 1. The van der Waals surface area contributed by atoms with E-state index >= 15 is 0 Å². The van der Waals surface area contributed by atoms with Crippen LogP contribution in [0.4, 0.5) is 5.69 Å². The van der Waals surface area contributed by atoms with Crippen LogP contribution in [0.15, 0.2) is 53.4 Å². The number of hydrogen-bond donors (Lipinski definition) is 1. The molecule has 0 spiro atoms. The molecular weight excluding hydrogens is 384 g/mol. The highest BCUT2D eigenvalue weighted by molar-refractivity contribution is 7.89. The van der Waals surface area contributed by atoms with Crippen molar-refractivity contribution in [2.45, 2.75) is 23.2 Å². The van der Waals surface area contributed by atoms with Gasteiger partial charge in [-0.2, -0.15) is 0 Å². The van der Waals surface area contributed by atoms with Gasteiger partial charge in [-0.3, -0.25) is 10.1 Å². The third kappa shape index (κ3) is 4.16. The lowest BCUT2D eigenvalue weighted by atomic mass is 9.74. The van der Waals surface area contributed by atoms with Gasteiger partial charge >= 0.3 is 0 Å². The predicted molar refractivity (Wildman–Crippen MR) is 103 cm³/mol. The molecule has 2 aromatic carbocycles. The maximum Gasteiger partial charge on any atom is 0.289 e. The van der Waals surface area contributed by atoms with Gasteiger partial charge < -0.3 is 9.47 Å². The van der Waals surface area contributed by atoms with E-state index in [9.17, 15) is 18.5 Å². The third-order valence-corrected chi connectivity index (χ3v) is 6.55. The quantitative estimate of drug-likeness (QED) is 0.559. The summed E-state index contributed by atoms with van der Waals surface area (Å²) in [5.41, 5.74) is 0.0728. The summed E-state index contributed by atoms with van der Waals surface area (Å²) >= 11 is 0. The molecule has 1 aliphatic rings. The van der Waals surface area contributed by atoms with Crippen molar-refractivity contribution in [1.29, 1.82) is 0 Å². The largest absolute Gasteiger partial charge is 0.497 e. The van der Waals surface area contributed by atoms with Crippen LogP contribution in [0.1, 0.15) is 18.4 Å². The van der Waals surface area contributed by atoms with E-state index < -0.39 is 26.0 Å². The van der Waals surface area contributed by atoms with Crippen LogP contribution in [0, 0.1) is 10.1 Å². The molecule has 0 aromatic heterocycles. The van der Waals surface area contributed by atoms with Gasteiger partial charge in [0.15, 0.2) is 4.90 Å². The lowest BCUT2D eigenvalue weighted by Crippen LogP contribution is -2.44. The smallest absolute Gasteiger partial charge is 0.289 e. The topological polar surface area (TPSA) is 108 Å². The normalized spacial score (nSPS) is 16.5. The molecule has 8 nitrogen and oxygen atoms in total. The minimum Gasteiger partial charge on any atom is -0.497 e. The molecular formula is C19H22N2O6S. The number of nitrogens with one attached hydrogen (secondary N) is 1. The summed E-state index contributed by atoms with van der Waals surface area (Å²) in [6.45, 7) is 1.15. The lowest BCUT2D eigenvalue weighted by Gasteiger charge is -2.38. The van der Waals surface area contributed by atoms with Gasteiger partial charge in [-0.15, -0.1) is 0 Å². The highest BCUT2D eigenvalue weighted by atomic mass is 32.2. The van der Waals surface area contributed by atoms with E-state index in [2.05, 4.69) is 4.72 Å². The van der Waals surface area contributed by atoms with Crippen molar-refractivity contribution in [2.75, 3.05) is 26.9 Å². The predicted octanol–water partition coefficient (Wildman–Crippen LogP) is 2.63. The third-order valence-electron chi connectivity index (χ3n) is 5.10. The maximum atomic E-state index is 12.8. The number of hydrogen-bond acceptors (Lipinski definition) is 6. The van der Waals surface area contributed by atoms with Crippen LogP contribution >= 0.6 is 0 Å². The van der Waals surface area contributed by atoms with Crippen molar-refractivity contribution in [3.8, 4) is 5.75 Å². The zero-order valence-electron chi connectivity index (χ0n) is 15.5. The Morgan fingerprint density at radius 3 is 2.39 bits per heavy atom. The number of rotatable bonds is 7. The molecule has 0 bridgehead atoms. The Hall–Kier alpha value is -2.49. The van der Waals surface area contributed by atoms with Crippen LogP contribution in [0.25, 0.3) is 0 Å². The number of para-hydroxylation sites is 1. The minimum absolute atomic E-state index is 0.122. The second kappa shape index (κ2) is 8.26. The van der Waals surface area contributed by atoms with E-state index in [1.165, 1.54) is 24.3 Å². The summed E-state index contributed by atoms with van der Waals surface area (Å²) in [7, 11) is -2.47. The Bertz CT molecular complexity index is 937. The molecule has 28 heavy (non-hydrogen) atoms. The van der Waals surface area contributed by atoms with Crippen molar-refractivity contribution in [3.63, 3.8) is 0 Å². The van der Waals surface area contributed by atoms with E-state index in [-0.39, 0.29) is 11.4 Å². The Labute approximate surface area is 163 Å². The van der Waals surface area contributed by atoms with Crippen LogP contribution in [0.2, 0.25) is 0 Å². The van der Waals surface area contributed by atoms with Gasteiger partial charge in [0.1, 0.15) is 5.75 Å². The number of benzene rings is 2. The fourth-order valence-electron chi connectivity index (χ4n) is 3.42. The Morgan fingerprint density at radius 2 is 1.79 bits per heavy atom. The number of methoxy groups -OCH3 is 1. The first-order valence-corrected chi connectivity index (χ1v) is 10.3. The van der Waals surface area contributed by atoms with Crippen LogP contribution in [0.5, 0.6) is 5.75 Å². The molecule has 1 heterocycles. The molecule has 0 amide bonds. The summed E-state index contributed by atoms with van der Waals surface area (Å²) < 4.78 is 38.9. The Morgan fingerprint density at radius 1 is 1.14 bits per heavy atom. The van der Waals surface area contributed by atoms with Gasteiger partial charge in [0.2, 0.25) is 10.0 Å². The molecule has 3 rings (SSSR count). The van der Waals surface area contributed by atoms with E-state index in [0.717, 1.165) is 5.56 Å². The number of nitrogens with zero attached hydrogens (tertiary/aromatic N) is 1. The fraction of sp³-hybridized carbons (Fsp3) is 0.368. The van der Waals surface area contributed by atoms with Gasteiger partial charge in [0.25, 0.3) is 5.69 Å². The number of ether oxygens (including phenoxy) is 2. The van der Waals surface area contributed by atoms with Gasteiger partial charge in [0.05, 0.1) is 12.0 Å². The number of sulfonamides is 1. The Balaban J connectivity index is 1.89. The van der Waals surface area contributed by atoms with Crippen LogP contribution in [-0.2, 0) is 20.2 Å². The summed E-state index contributed by atoms with van der Waals surface area (Å²) in [4.78, 5) is 10.2. The standard InChI is InChI=1S/C19H22N2O6S/c1-26-16-8-6-15(7-9-16)19(10-12-27-13-11-19)14-20-28(24,25)18-5-3-2-4-17(18)21(22)23/h2-9,20H,10-14H2,1H3. The van der Waals surface area contributed by atoms with Crippen molar-refractivity contribution < 1.29 is 22.8 Å². The molecule has 0 aliphatic carbocycles. The molecule has 1 fully saturated rings. The summed E-state index contributed by atoms with van der Waals surface area (Å²) in [6.07, 6.45) is 1.28. The molecule has 0 atom stereocenters.